The summed E-state index contributed by atoms with van der Waals surface area (Å²) in [5.74, 6) is -0.332. The van der Waals surface area contributed by atoms with Crippen LogP contribution in [-0.2, 0) is 9.53 Å². The van der Waals surface area contributed by atoms with E-state index in [0.29, 0.717) is 5.95 Å². The molecule has 0 amide bonds. The zero-order chi connectivity index (χ0) is 12.5. The molecule has 0 unspecified atom stereocenters. The Labute approximate surface area is 98.5 Å². The molecule has 0 spiro atoms. The molecule has 1 rings (SSSR count). The van der Waals surface area contributed by atoms with Gasteiger partial charge >= 0.3 is 5.97 Å². The van der Waals surface area contributed by atoms with Gasteiger partial charge in [-0.1, -0.05) is 0 Å². The van der Waals surface area contributed by atoms with Gasteiger partial charge in [0.15, 0.2) is 0 Å². The Morgan fingerprint density at radius 2 is 2.47 bits per heavy atom. The molecule has 0 radical (unpaired) electrons. The van der Waals surface area contributed by atoms with Crippen molar-refractivity contribution < 1.29 is 18.7 Å². The smallest absolute Gasteiger partial charge is 0.348 e. The van der Waals surface area contributed by atoms with Crippen molar-refractivity contribution in [2.45, 2.75) is 6.92 Å². The summed E-state index contributed by atoms with van der Waals surface area (Å²) in [5.41, 5.74) is -0.0915. The predicted molar refractivity (Wildman–Crippen MR) is 58.8 cm³/mol. The molecule has 17 heavy (non-hydrogen) atoms. The fourth-order valence-electron chi connectivity index (χ4n) is 0.932. The van der Waals surface area contributed by atoms with Crippen LogP contribution in [0.3, 0.4) is 0 Å². The van der Waals surface area contributed by atoms with Crippen molar-refractivity contribution in [3.63, 3.8) is 0 Å². The molecule has 0 aliphatic rings. The summed E-state index contributed by atoms with van der Waals surface area (Å²) in [6, 6.07) is 5.05. The first-order valence-electron chi connectivity index (χ1n) is 4.92. The monoisotopic (exact) mass is 233 g/mol. The second-order valence-electron chi connectivity index (χ2n) is 2.79. The Morgan fingerprint density at radius 3 is 3.06 bits per heavy atom. The van der Waals surface area contributed by atoms with Crippen molar-refractivity contribution >= 4 is 5.97 Å². The van der Waals surface area contributed by atoms with E-state index in [1.54, 1.807) is 25.1 Å². The largest absolute Gasteiger partial charge is 0.462 e. The number of nitrogens with zero attached hydrogens (tertiary/aromatic N) is 1. The predicted octanol–water partition coefficient (Wildman–Crippen LogP) is 2.19. The average Bonchev–Trinajstić information content (AvgIpc) is 2.82. The Hall–Kier alpha value is -2.48. The SMILES string of the molecule is CCOC(=O)C(C#N)=CC=COc1ccco1. The number of allylic oxidation sites excluding steroid dienone is 2. The summed E-state index contributed by atoms with van der Waals surface area (Å²) in [6.07, 6.45) is 5.49. The first-order chi connectivity index (χ1) is 8.27. The van der Waals surface area contributed by atoms with Crippen molar-refractivity contribution in [1.82, 2.24) is 0 Å². The zero-order valence-corrected chi connectivity index (χ0v) is 9.25. The number of carbonyl (C=O) groups is 1. The van der Waals surface area contributed by atoms with E-state index in [1.165, 1.54) is 24.7 Å². The van der Waals surface area contributed by atoms with Gasteiger partial charge in [0.05, 0.1) is 19.1 Å². The average molecular weight is 233 g/mol. The molecular formula is C12H11NO4. The topological polar surface area (TPSA) is 72.5 Å². The van der Waals surface area contributed by atoms with Crippen LogP contribution >= 0.6 is 0 Å². The molecule has 5 nitrogen and oxygen atoms in total. The fraction of sp³-hybridized carbons (Fsp3) is 0.167. The Morgan fingerprint density at radius 1 is 1.65 bits per heavy atom. The van der Waals surface area contributed by atoms with Gasteiger partial charge in [-0.25, -0.2) is 4.79 Å². The molecule has 1 aromatic rings. The van der Waals surface area contributed by atoms with Gasteiger partial charge < -0.3 is 13.9 Å². The van der Waals surface area contributed by atoms with E-state index in [2.05, 4.69) is 4.74 Å². The second kappa shape index (κ2) is 6.90. The lowest BCUT2D eigenvalue weighted by molar-refractivity contribution is -0.138. The minimum atomic E-state index is -0.655. The zero-order valence-electron chi connectivity index (χ0n) is 9.25. The van der Waals surface area contributed by atoms with Crippen LogP contribution in [-0.4, -0.2) is 12.6 Å². The van der Waals surface area contributed by atoms with Gasteiger partial charge in [-0.3, -0.25) is 0 Å². The molecule has 1 aromatic heterocycles. The molecule has 0 aliphatic carbocycles. The molecule has 0 N–H and O–H groups in total. The van der Waals surface area contributed by atoms with Gasteiger partial charge in [0.2, 0.25) is 0 Å². The number of carbonyl (C=O) groups excluding carboxylic acids is 1. The second-order valence-corrected chi connectivity index (χ2v) is 2.79. The quantitative estimate of drug-likeness (QED) is 0.256. The number of nitriles is 1. The first-order valence-corrected chi connectivity index (χ1v) is 4.92. The molecule has 0 saturated heterocycles. The van der Waals surface area contributed by atoms with Crippen LogP contribution in [0.5, 0.6) is 5.95 Å². The first kappa shape index (κ1) is 12.6. The van der Waals surface area contributed by atoms with Gasteiger partial charge in [0.25, 0.3) is 5.95 Å². The van der Waals surface area contributed by atoms with Crippen LogP contribution in [0.15, 0.2) is 46.8 Å². The minimum Gasteiger partial charge on any atom is -0.462 e. The minimum absolute atomic E-state index is 0.0915. The fourth-order valence-corrected chi connectivity index (χ4v) is 0.932. The summed E-state index contributed by atoms with van der Waals surface area (Å²) >= 11 is 0. The van der Waals surface area contributed by atoms with Crippen molar-refractivity contribution in [3.8, 4) is 12.0 Å². The Kier molecular flexibility index (Phi) is 5.11. The third-order valence-electron chi connectivity index (χ3n) is 1.64. The summed E-state index contributed by atoms with van der Waals surface area (Å²) < 4.78 is 14.6. The molecular weight excluding hydrogens is 222 g/mol. The molecule has 88 valence electrons. The number of rotatable bonds is 5. The highest BCUT2D eigenvalue weighted by Crippen LogP contribution is 2.09. The number of furan rings is 1. The summed E-state index contributed by atoms with van der Waals surface area (Å²) in [6.45, 7) is 1.90. The van der Waals surface area contributed by atoms with E-state index in [-0.39, 0.29) is 12.2 Å². The Bertz CT molecular complexity index is 451. The number of ether oxygens (including phenoxy) is 2. The third-order valence-corrected chi connectivity index (χ3v) is 1.64. The molecule has 0 fully saturated rings. The highest BCUT2D eigenvalue weighted by molar-refractivity contribution is 5.93. The van der Waals surface area contributed by atoms with Gasteiger partial charge in [-0.15, -0.1) is 0 Å². The standard InChI is InChI=1S/C12H11NO4/c1-2-15-12(14)10(9-13)5-3-7-16-11-6-4-8-17-11/h3-8H,2H2,1H3. The van der Waals surface area contributed by atoms with Gasteiger partial charge in [-0.05, 0) is 25.1 Å². The van der Waals surface area contributed by atoms with Gasteiger partial charge in [-0.2, -0.15) is 5.26 Å². The van der Waals surface area contributed by atoms with Crippen molar-refractivity contribution in [2.75, 3.05) is 6.61 Å². The third kappa shape index (κ3) is 4.26. The maximum absolute atomic E-state index is 11.2. The van der Waals surface area contributed by atoms with Crippen LogP contribution in [0.25, 0.3) is 0 Å². The van der Waals surface area contributed by atoms with E-state index in [9.17, 15) is 4.79 Å². The molecule has 0 bridgehead atoms. The van der Waals surface area contributed by atoms with Gasteiger partial charge in [0.1, 0.15) is 11.6 Å². The van der Waals surface area contributed by atoms with E-state index in [0.717, 1.165) is 0 Å². The van der Waals surface area contributed by atoms with Gasteiger partial charge in [0, 0.05) is 6.07 Å². The molecule has 0 aliphatic heterocycles. The van der Waals surface area contributed by atoms with Crippen LogP contribution in [0.4, 0.5) is 0 Å². The molecule has 1 heterocycles. The maximum Gasteiger partial charge on any atom is 0.348 e. The molecule has 0 saturated carbocycles. The molecule has 0 atom stereocenters. The maximum atomic E-state index is 11.2. The van der Waals surface area contributed by atoms with Crippen LogP contribution in [0, 0.1) is 11.3 Å². The summed E-state index contributed by atoms with van der Waals surface area (Å²) in [5, 5.41) is 8.69. The highest BCUT2D eigenvalue weighted by atomic mass is 16.6. The van der Waals surface area contributed by atoms with Crippen molar-refractivity contribution in [3.05, 3.63) is 42.4 Å². The molecule has 5 heteroatoms. The van der Waals surface area contributed by atoms with Crippen molar-refractivity contribution in [1.29, 1.82) is 5.26 Å². The summed E-state index contributed by atoms with van der Waals surface area (Å²) in [4.78, 5) is 11.2. The van der Waals surface area contributed by atoms with Crippen LogP contribution in [0.1, 0.15) is 6.92 Å². The Balaban J connectivity index is 2.53. The van der Waals surface area contributed by atoms with Crippen LogP contribution in [0.2, 0.25) is 0 Å². The number of hydrogen-bond acceptors (Lipinski definition) is 5. The molecule has 0 aromatic carbocycles. The van der Waals surface area contributed by atoms with E-state index in [4.69, 9.17) is 14.4 Å². The van der Waals surface area contributed by atoms with Crippen LogP contribution < -0.4 is 4.74 Å². The van der Waals surface area contributed by atoms with E-state index < -0.39 is 5.97 Å². The number of hydrogen-bond donors (Lipinski definition) is 0. The van der Waals surface area contributed by atoms with E-state index >= 15 is 0 Å². The highest BCUT2D eigenvalue weighted by Gasteiger charge is 2.07. The van der Waals surface area contributed by atoms with Crippen molar-refractivity contribution in [2.24, 2.45) is 0 Å². The lowest BCUT2D eigenvalue weighted by Gasteiger charge is -1.97. The normalized spacial score (nSPS) is 11.2. The lowest BCUT2D eigenvalue weighted by Crippen LogP contribution is -2.05. The number of esters is 1. The lowest BCUT2D eigenvalue weighted by atomic mass is 10.3. The summed E-state index contributed by atoms with van der Waals surface area (Å²) in [7, 11) is 0. The van der Waals surface area contributed by atoms with E-state index in [1.807, 2.05) is 0 Å².